The van der Waals surface area contributed by atoms with Gasteiger partial charge in [0.25, 0.3) is 0 Å². The molecule has 30 heavy (non-hydrogen) atoms. The number of anilines is 1. The highest BCUT2D eigenvalue weighted by Crippen LogP contribution is 2.33. The van der Waals surface area contributed by atoms with Gasteiger partial charge in [-0.25, -0.2) is 9.97 Å². The summed E-state index contributed by atoms with van der Waals surface area (Å²) in [6.45, 7) is 1.53. The number of carbonyl (C=O) groups excluding carboxylic acids is 1. The predicted molar refractivity (Wildman–Crippen MR) is 113 cm³/mol. The normalized spacial score (nSPS) is 12.5. The Labute approximate surface area is 184 Å². The fourth-order valence-electron chi connectivity index (χ4n) is 2.42. The molecule has 0 saturated heterocycles. The van der Waals surface area contributed by atoms with E-state index in [2.05, 4.69) is 15.3 Å². The van der Waals surface area contributed by atoms with Crippen molar-refractivity contribution in [2.75, 3.05) is 5.32 Å². The molecule has 2 aromatic carbocycles. The highest BCUT2D eigenvalue weighted by Gasteiger charge is 2.34. The fraction of sp³-hybridized carbons (Fsp3) is 0.150. The van der Waals surface area contributed by atoms with Gasteiger partial charge in [0.2, 0.25) is 5.91 Å². The molecule has 1 amide bonds. The van der Waals surface area contributed by atoms with Crippen molar-refractivity contribution in [3.63, 3.8) is 0 Å². The third-order valence-corrected chi connectivity index (χ3v) is 5.43. The van der Waals surface area contributed by atoms with Gasteiger partial charge in [0.05, 0.1) is 21.7 Å². The summed E-state index contributed by atoms with van der Waals surface area (Å²) in [5.41, 5.74) is -0.151. The lowest BCUT2D eigenvalue weighted by Gasteiger charge is -2.14. The van der Waals surface area contributed by atoms with Crippen molar-refractivity contribution < 1.29 is 18.0 Å². The molecular formula is C20H14Cl2F3N3OS. The molecule has 3 aromatic rings. The smallest absolute Gasteiger partial charge is 0.324 e. The highest BCUT2D eigenvalue weighted by atomic mass is 35.5. The number of hydrogen-bond donors (Lipinski definition) is 1. The molecular weight excluding hydrogens is 458 g/mol. The summed E-state index contributed by atoms with van der Waals surface area (Å²) < 4.78 is 40.0. The topological polar surface area (TPSA) is 54.9 Å². The Morgan fingerprint density at radius 1 is 1.07 bits per heavy atom. The van der Waals surface area contributed by atoms with Crippen LogP contribution < -0.4 is 5.32 Å². The molecule has 1 atom stereocenters. The van der Waals surface area contributed by atoms with Crippen LogP contribution >= 0.6 is 35.0 Å². The first kappa shape index (κ1) is 22.4. The van der Waals surface area contributed by atoms with Crippen molar-refractivity contribution in [2.45, 2.75) is 23.5 Å². The minimum Gasteiger partial charge on any atom is -0.324 e. The van der Waals surface area contributed by atoms with E-state index in [-0.39, 0.29) is 15.9 Å². The van der Waals surface area contributed by atoms with Crippen LogP contribution in [-0.2, 0) is 11.0 Å². The van der Waals surface area contributed by atoms with Crippen LogP contribution in [0.25, 0.3) is 11.3 Å². The summed E-state index contributed by atoms with van der Waals surface area (Å²) in [6, 6.07) is 13.9. The van der Waals surface area contributed by atoms with E-state index in [1.54, 1.807) is 36.4 Å². The molecule has 0 unspecified atom stereocenters. The summed E-state index contributed by atoms with van der Waals surface area (Å²) >= 11 is 12.7. The van der Waals surface area contributed by atoms with Gasteiger partial charge in [-0.05, 0) is 31.2 Å². The minimum atomic E-state index is -4.65. The van der Waals surface area contributed by atoms with E-state index in [1.165, 1.54) is 19.1 Å². The Morgan fingerprint density at radius 3 is 2.43 bits per heavy atom. The number of carbonyl (C=O) groups is 1. The van der Waals surface area contributed by atoms with Gasteiger partial charge in [-0.1, -0.05) is 65.3 Å². The van der Waals surface area contributed by atoms with Crippen LogP contribution in [-0.4, -0.2) is 21.1 Å². The second kappa shape index (κ2) is 9.24. The van der Waals surface area contributed by atoms with Crippen molar-refractivity contribution in [1.29, 1.82) is 0 Å². The van der Waals surface area contributed by atoms with Gasteiger partial charge >= 0.3 is 6.18 Å². The largest absolute Gasteiger partial charge is 0.433 e. The van der Waals surface area contributed by atoms with Crippen LogP contribution in [0.1, 0.15) is 12.6 Å². The van der Waals surface area contributed by atoms with Gasteiger partial charge < -0.3 is 5.32 Å². The highest BCUT2D eigenvalue weighted by molar-refractivity contribution is 8.00. The second-order valence-corrected chi connectivity index (χ2v) is 8.31. The molecule has 1 heterocycles. The molecule has 1 aromatic heterocycles. The van der Waals surface area contributed by atoms with Gasteiger partial charge in [0.1, 0.15) is 5.69 Å². The molecule has 0 aliphatic rings. The molecule has 156 valence electrons. The Morgan fingerprint density at radius 2 is 1.77 bits per heavy atom. The summed E-state index contributed by atoms with van der Waals surface area (Å²) in [6.07, 6.45) is -4.65. The number of hydrogen-bond acceptors (Lipinski definition) is 4. The Hall–Kier alpha value is -2.29. The second-order valence-electron chi connectivity index (χ2n) is 6.16. The van der Waals surface area contributed by atoms with Crippen molar-refractivity contribution in [3.8, 4) is 11.3 Å². The maximum atomic E-state index is 13.3. The molecule has 0 aliphatic carbocycles. The number of halogens is 5. The molecule has 0 aliphatic heterocycles. The monoisotopic (exact) mass is 471 g/mol. The van der Waals surface area contributed by atoms with Crippen molar-refractivity contribution in [2.24, 2.45) is 0 Å². The first-order chi connectivity index (χ1) is 14.1. The molecule has 0 spiro atoms. The van der Waals surface area contributed by atoms with Crippen molar-refractivity contribution in [3.05, 3.63) is 70.3 Å². The number of nitrogens with zero attached hydrogens (tertiary/aromatic N) is 2. The summed E-state index contributed by atoms with van der Waals surface area (Å²) in [7, 11) is 0. The number of rotatable bonds is 5. The first-order valence-electron chi connectivity index (χ1n) is 8.58. The van der Waals surface area contributed by atoms with Gasteiger partial charge in [-0.2, -0.15) is 13.2 Å². The van der Waals surface area contributed by atoms with Gasteiger partial charge in [-0.15, -0.1) is 0 Å². The summed E-state index contributed by atoms with van der Waals surface area (Å²) in [5, 5.41) is 2.31. The van der Waals surface area contributed by atoms with Gasteiger partial charge in [-0.3, -0.25) is 4.79 Å². The summed E-state index contributed by atoms with van der Waals surface area (Å²) in [4.78, 5) is 20.3. The fourth-order valence-corrected chi connectivity index (χ4v) is 3.54. The molecule has 0 radical (unpaired) electrons. The van der Waals surface area contributed by atoms with Crippen LogP contribution in [0.15, 0.2) is 59.8 Å². The van der Waals surface area contributed by atoms with E-state index in [9.17, 15) is 18.0 Å². The zero-order valence-corrected chi connectivity index (χ0v) is 17.7. The predicted octanol–water partition coefficient (Wildman–Crippen LogP) is 6.59. The number of thioether (sulfide) groups is 1. The Bertz CT molecular complexity index is 1060. The van der Waals surface area contributed by atoms with Crippen molar-refractivity contribution in [1.82, 2.24) is 9.97 Å². The SMILES string of the molecule is C[C@H](Sc1nc(-c2ccccc2)cc(C(F)(F)F)n1)C(=O)Nc1cc(Cl)ccc1Cl. The maximum absolute atomic E-state index is 13.3. The maximum Gasteiger partial charge on any atom is 0.433 e. The third kappa shape index (κ3) is 5.65. The molecule has 10 heteroatoms. The molecule has 1 N–H and O–H groups in total. The molecule has 4 nitrogen and oxygen atoms in total. The van der Waals surface area contributed by atoms with Crippen LogP contribution in [0.4, 0.5) is 18.9 Å². The van der Waals surface area contributed by atoms with E-state index in [0.29, 0.717) is 16.3 Å². The lowest BCUT2D eigenvalue weighted by Crippen LogP contribution is -2.23. The van der Waals surface area contributed by atoms with Crippen LogP contribution in [0.2, 0.25) is 10.0 Å². The van der Waals surface area contributed by atoms with E-state index in [1.807, 2.05) is 0 Å². The Kier molecular flexibility index (Phi) is 6.90. The average molecular weight is 472 g/mol. The first-order valence-corrected chi connectivity index (χ1v) is 10.2. The molecule has 0 fully saturated rings. The van der Waals surface area contributed by atoms with E-state index in [0.717, 1.165) is 17.8 Å². The number of amides is 1. The number of benzene rings is 2. The molecule has 0 bridgehead atoms. The van der Waals surface area contributed by atoms with Crippen LogP contribution in [0.5, 0.6) is 0 Å². The quantitative estimate of drug-likeness (QED) is 0.336. The number of nitrogens with one attached hydrogen (secondary N) is 1. The lowest BCUT2D eigenvalue weighted by atomic mass is 10.1. The van der Waals surface area contributed by atoms with E-state index in [4.69, 9.17) is 23.2 Å². The van der Waals surface area contributed by atoms with Crippen LogP contribution in [0, 0.1) is 0 Å². The standard InChI is InChI=1S/C20H14Cl2F3N3OS/c1-11(18(29)26-16-9-13(21)7-8-14(16)22)30-19-27-15(12-5-3-2-4-6-12)10-17(28-19)20(23,24)25/h2-11H,1H3,(H,26,29)/t11-/m0/s1. The number of alkyl halides is 3. The van der Waals surface area contributed by atoms with Gasteiger partial charge in [0, 0.05) is 10.6 Å². The lowest BCUT2D eigenvalue weighted by molar-refractivity contribution is -0.141. The van der Waals surface area contributed by atoms with E-state index >= 15 is 0 Å². The average Bonchev–Trinajstić information content (AvgIpc) is 2.70. The Balaban J connectivity index is 1.85. The minimum absolute atomic E-state index is 0.117. The third-order valence-electron chi connectivity index (χ3n) is 3.90. The number of aromatic nitrogens is 2. The summed E-state index contributed by atoms with van der Waals surface area (Å²) in [5.74, 6) is -0.480. The zero-order chi connectivity index (χ0) is 21.9. The van der Waals surface area contributed by atoms with Gasteiger partial charge in [0.15, 0.2) is 5.16 Å². The van der Waals surface area contributed by atoms with Crippen molar-refractivity contribution >= 4 is 46.6 Å². The van der Waals surface area contributed by atoms with E-state index < -0.39 is 23.0 Å². The zero-order valence-electron chi connectivity index (χ0n) is 15.4. The van der Waals surface area contributed by atoms with Crippen LogP contribution in [0.3, 0.4) is 0 Å². The molecule has 0 saturated carbocycles. The molecule has 3 rings (SSSR count).